The Bertz CT molecular complexity index is 589. The van der Waals surface area contributed by atoms with Gasteiger partial charge in [0.15, 0.2) is 0 Å². The van der Waals surface area contributed by atoms with E-state index in [4.69, 9.17) is 15.3 Å². The number of benzene rings is 1. The van der Waals surface area contributed by atoms with Crippen LogP contribution in [0.25, 0.3) is 6.08 Å². The van der Waals surface area contributed by atoms with Crippen LogP contribution in [0.3, 0.4) is 0 Å². The Hall–Kier alpha value is -2.59. The van der Waals surface area contributed by atoms with Gasteiger partial charge < -0.3 is 4.74 Å². The molecule has 1 heterocycles. The van der Waals surface area contributed by atoms with Gasteiger partial charge in [-0.15, -0.1) is 0 Å². The molecule has 1 saturated heterocycles. The number of nitriles is 2. The minimum Gasteiger partial charge on any atom is -0.462 e. The molecule has 4 nitrogen and oxygen atoms in total. The van der Waals surface area contributed by atoms with Crippen molar-refractivity contribution in [2.24, 2.45) is 0 Å². The molecule has 0 amide bonds. The molecule has 1 aromatic rings. The lowest BCUT2D eigenvalue weighted by Gasteiger charge is -2.09. The molecule has 0 spiro atoms. The Balaban J connectivity index is 2.12. The molecule has 1 aliphatic heterocycles. The van der Waals surface area contributed by atoms with E-state index in [1.165, 1.54) is 0 Å². The van der Waals surface area contributed by atoms with Crippen LogP contribution in [0.1, 0.15) is 24.0 Å². The average molecular weight is 252 g/mol. The Labute approximate surface area is 111 Å². The molecule has 0 N–H and O–H groups in total. The van der Waals surface area contributed by atoms with Crippen LogP contribution in [0.5, 0.6) is 0 Å². The fraction of sp³-hybridized carbons (Fsp3) is 0.267. The van der Waals surface area contributed by atoms with E-state index < -0.39 is 0 Å². The van der Waals surface area contributed by atoms with E-state index in [0.717, 1.165) is 17.5 Å². The van der Waals surface area contributed by atoms with Crippen molar-refractivity contribution in [1.82, 2.24) is 0 Å². The van der Waals surface area contributed by atoms with Gasteiger partial charge in [0, 0.05) is 12.8 Å². The zero-order valence-electron chi connectivity index (χ0n) is 10.3. The highest BCUT2D eigenvalue weighted by Gasteiger charge is 2.23. The molecule has 1 unspecified atom stereocenters. The highest BCUT2D eigenvalue weighted by Crippen LogP contribution is 2.19. The van der Waals surface area contributed by atoms with Crippen LogP contribution in [0.4, 0.5) is 0 Å². The van der Waals surface area contributed by atoms with Crippen molar-refractivity contribution in [3.8, 4) is 12.1 Å². The predicted molar refractivity (Wildman–Crippen MR) is 68.5 cm³/mol. The highest BCUT2D eigenvalue weighted by molar-refractivity contribution is 5.71. The zero-order valence-corrected chi connectivity index (χ0v) is 10.3. The van der Waals surface area contributed by atoms with Gasteiger partial charge in [0.2, 0.25) is 0 Å². The van der Waals surface area contributed by atoms with Crippen LogP contribution in [0, 0.1) is 22.7 Å². The topological polar surface area (TPSA) is 73.9 Å². The Morgan fingerprint density at radius 1 is 1.42 bits per heavy atom. The second-order valence-corrected chi connectivity index (χ2v) is 4.38. The van der Waals surface area contributed by atoms with Gasteiger partial charge in [-0.3, -0.25) is 4.79 Å². The summed E-state index contributed by atoms with van der Waals surface area (Å²) in [5.41, 5.74) is 1.91. The van der Waals surface area contributed by atoms with Gasteiger partial charge in [-0.25, -0.2) is 0 Å². The predicted octanol–water partition coefficient (Wildman–Crippen LogP) is 2.37. The van der Waals surface area contributed by atoms with Crippen molar-refractivity contribution in [2.75, 3.05) is 0 Å². The maximum atomic E-state index is 11.0. The van der Waals surface area contributed by atoms with Gasteiger partial charge in [0.1, 0.15) is 23.8 Å². The van der Waals surface area contributed by atoms with E-state index in [2.05, 4.69) is 0 Å². The summed E-state index contributed by atoms with van der Waals surface area (Å²) in [7, 11) is 0. The molecule has 0 saturated carbocycles. The molecular weight excluding hydrogens is 240 g/mol. The number of hydrogen-bond acceptors (Lipinski definition) is 4. The molecule has 0 aliphatic carbocycles. The van der Waals surface area contributed by atoms with Crippen molar-refractivity contribution in [3.63, 3.8) is 0 Å². The number of esters is 1. The molecule has 1 aliphatic rings. The summed E-state index contributed by atoms with van der Waals surface area (Å²) in [5, 5.41) is 17.4. The van der Waals surface area contributed by atoms with Gasteiger partial charge in [-0.2, -0.15) is 10.5 Å². The summed E-state index contributed by atoms with van der Waals surface area (Å²) in [5.74, 6) is -0.141. The number of hydrogen-bond donors (Lipinski definition) is 0. The summed E-state index contributed by atoms with van der Waals surface area (Å²) < 4.78 is 5.17. The second kappa shape index (κ2) is 5.84. The molecule has 0 radical (unpaired) electrons. The van der Waals surface area contributed by atoms with Crippen molar-refractivity contribution in [3.05, 3.63) is 41.0 Å². The first kappa shape index (κ1) is 12.9. The Morgan fingerprint density at radius 3 is 2.84 bits per heavy atom. The van der Waals surface area contributed by atoms with Crippen molar-refractivity contribution in [2.45, 2.75) is 25.4 Å². The normalized spacial score (nSPS) is 17.2. The van der Waals surface area contributed by atoms with Gasteiger partial charge in [-0.05, 0) is 23.6 Å². The van der Waals surface area contributed by atoms with Crippen molar-refractivity contribution >= 4 is 12.0 Å². The van der Waals surface area contributed by atoms with Gasteiger partial charge in [-0.1, -0.05) is 24.3 Å². The minimum atomic E-state index is -0.141. The molecule has 1 aromatic carbocycles. The monoisotopic (exact) mass is 252 g/mol. The smallest absolute Gasteiger partial charge is 0.306 e. The lowest BCUT2D eigenvalue weighted by atomic mass is 10.0. The van der Waals surface area contributed by atoms with Crippen LogP contribution in [0.2, 0.25) is 0 Å². The first-order chi connectivity index (χ1) is 9.21. The third-order valence-corrected chi connectivity index (χ3v) is 2.93. The standard InChI is InChI=1S/C15H12N2O2/c16-9-13(10-17)7-11-2-1-3-12(6-11)8-14-4-5-15(18)19-14/h1-3,6-7,14H,4-5,8H2. The maximum absolute atomic E-state index is 11.0. The third-order valence-electron chi connectivity index (χ3n) is 2.93. The maximum Gasteiger partial charge on any atom is 0.306 e. The summed E-state index contributed by atoms with van der Waals surface area (Å²) >= 11 is 0. The van der Waals surface area contributed by atoms with E-state index in [1.807, 2.05) is 36.4 Å². The molecule has 2 rings (SSSR count). The van der Waals surface area contributed by atoms with Gasteiger partial charge in [0.05, 0.1) is 0 Å². The SMILES string of the molecule is N#CC(C#N)=Cc1cccc(CC2CCC(=O)O2)c1. The van der Waals surface area contributed by atoms with Crippen LogP contribution in [-0.4, -0.2) is 12.1 Å². The number of allylic oxidation sites excluding steroid dienone is 1. The largest absolute Gasteiger partial charge is 0.462 e. The van der Waals surface area contributed by atoms with E-state index in [1.54, 1.807) is 6.08 Å². The number of cyclic esters (lactones) is 1. The summed E-state index contributed by atoms with van der Waals surface area (Å²) in [6, 6.07) is 11.2. The minimum absolute atomic E-state index is 0.0573. The Kier molecular flexibility index (Phi) is 3.95. The molecule has 1 atom stereocenters. The lowest BCUT2D eigenvalue weighted by Crippen LogP contribution is -2.10. The first-order valence-corrected chi connectivity index (χ1v) is 6.01. The quantitative estimate of drug-likeness (QED) is 0.611. The van der Waals surface area contributed by atoms with E-state index in [9.17, 15) is 4.79 Å². The van der Waals surface area contributed by atoms with Crippen LogP contribution in [0.15, 0.2) is 29.8 Å². The van der Waals surface area contributed by atoms with Crippen molar-refractivity contribution < 1.29 is 9.53 Å². The number of carbonyl (C=O) groups is 1. The molecule has 0 aromatic heterocycles. The second-order valence-electron chi connectivity index (χ2n) is 4.38. The third kappa shape index (κ3) is 3.43. The molecule has 19 heavy (non-hydrogen) atoms. The van der Waals surface area contributed by atoms with Crippen molar-refractivity contribution in [1.29, 1.82) is 10.5 Å². The summed E-state index contributed by atoms with van der Waals surface area (Å²) in [6.07, 6.45) is 3.39. The summed E-state index contributed by atoms with van der Waals surface area (Å²) in [4.78, 5) is 11.0. The molecule has 1 fully saturated rings. The fourth-order valence-electron chi connectivity index (χ4n) is 2.06. The van der Waals surface area contributed by atoms with Gasteiger partial charge in [0.25, 0.3) is 0 Å². The highest BCUT2D eigenvalue weighted by atomic mass is 16.5. The molecule has 4 heteroatoms. The average Bonchev–Trinajstić information content (AvgIpc) is 2.82. The van der Waals surface area contributed by atoms with Gasteiger partial charge >= 0.3 is 5.97 Å². The zero-order chi connectivity index (χ0) is 13.7. The summed E-state index contributed by atoms with van der Waals surface area (Å²) in [6.45, 7) is 0. The van der Waals surface area contributed by atoms with Crippen LogP contribution < -0.4 is 0 Å². The lowest BCUT2D eigenvalue weighted by molar-refractivity contribution is -0.141. The first-order valence-electron chi connectivity index (χ1n) is 6.01. The number of nitrogens with zero attached hydrogens (tertiary/aromatic N) is 2. The van der Waals surface area contributed by atoms with E-state index in [-0.39, 0.29) is 17.6 Å². The number of carbonyl (C=O) groups excluding carboxylic acids is 1. The number of rotatable bonds is 3. The molecule has 0 bridgehead atoms. The van der Waals surface area contributed by atoms with E-state index >= 15 is 0 Å². The van der Waals surface area contributed by atoms with Crippen LogP contribution in [-0.2, 0) is 16.0 Å². The number of ether oxygens (including phenoxy) is 1. The fourth-order valence-corrected chi connectivity index (χ4v) is 2.06. The molecular formula is C15H12N2O2. The Morgan fingerprint density at radius 2 is 2.21 bits per heavy atom. The molecule has 94 valence electrons. The van der Waals surface area contributed by atoms with Crippen LogP contribution >= 0.6 is 0 Å². The van der Waals surface area contributed by atoms with E-state index in [0.29, 0.717) is 12.8 Å².